The van der Waals surface area contributed by atoms with Crippen LogP contribution in [0, 0.1) is 0 Å². The summed E-state index contributed by atoms with van der Waals surface area (Å²) in [4.78, 5) is 0. The molecule has 0 radical (unpaired) electrons. The lowest BCUT2D eigenvalue weighted by Crippen LogP contribution is -2.20. The summed E-state index contributed by atoms with van der Waals surface area (Å²) in [5, 5.41) is 15.3. The van der Waals surface area contributed by atoms with Crippen LogP contribution in [0.15, 0.2) is 42.5 Å². The van der Waals surface area contributed by atoms with Gasteiger partial charge in [-0.1, -0.05) is 5.10 Å². The van der Waals surface area contributed by atoms with E-state index in [0.29, 0.717) is 23.2 Å². The van der Waals surface area contributed by atoms with Crippen molar-refractivity contribution in [3.05, 3.63) is 53.6 Å². The number of nitrogens with zero attached hydrogens (tertiary/aromatic N) is 4. The number of ether oxygens (including phenoxy) is 4. The summed E-state index contributed by atoms with van der Waals surface area (Å²) >= 11 is 0. The van der Waals surface area contributed by atoms with E-state index in [1.807, 2.05) is 42.5 Å². The van der Waals surface area contributed by atoms with Crippen LogP contribution in [0.5, 0.6) is 23.0 Å². The molecule has 1 unspecified atom stereocenters. The summed E-state index contributed by atoms with van der Waals surface area (Å²) < 4.78 is 23.4. The molecular weight excluding hydrogens is 374 g/mol. The Bertz CT molecular complexity index is 1020. The Morgan fingerprint density at radius 1 is 0.897 bits per heavy atom. The molecule has 2 aromatic carbocycles. The Morgan fingerprint density at radius 2 is 1.59 bits per heavy atom. The van der Waals surface area contributed by atoms with Gasteiger partial charge in [0.1, 0.15) is 11.8 Å². The highest BCUT2D eigenvalue weighted by Crippen LogP contribution is 2.42. The molecule has 0 saturated heterocycles. The van der Waals surface area contributed by atoms with Gasteiger partial charge in [-0.2, -0.15) is 4.68 Å². The van der Waals surface area contributed by atoms with Gasteiger partial charge in [0.2, 0.25) is 11.7 Å². The molecule has 1 atom stereocenters. The summed E-state index contributed by atoms with van der Waals surface area (Å²) in [6.45, 7) is 0. The zero-order valence-electron chi connectivity index (χ0n) is 16.5. The summed E-state index contributed by atoms with van der Waals surface area (Å²) in [7, 11) is 6.39. The fourth-order valence-corrected chi connectivity index (χ4v) is 3.30. The van der Waals surface area contributed by atoms with E-state index in [0.717, 1.165) is 22.6 Å². The van der Waals surface area contributed by atoms with Crippen molar-refractivity contribution in [1.82, 2.24) is 20.2 Å². The van der Waals surface area contributed by atoms with Gasteiger partial charge < -0.3 is 24.3 Å². The van der Waals surface area contributed by atoms with E-state index in [2.05, 4.69) is 20.8 Å². The molecular formula is C20H21N5O4. The zero-order valence-corrected chi connectivity index (χ0v) is 16.5. The van der Waals surface area contributed by atoms with Gasteiger partial charge in [-0.3, -0.25) is 0 Å². The fraction of sp³-hybridized carbons (Fsp3) is 0.250. The molecule has 0 fully saturated rings. The molecule has 0 spiro atoms. The molecule has 1 aliphatic rings. The minimum Gasteiger partial charge on any atom is -0.497 e. The van der Waals surface area contributed by atoms with Crippen LogP contribution >= 0.6 is 0 Å². The topological polar surface area (TPSA) is 92.5 Å². The molecule has 2 heterocycles. The Morgan fingerprint density at radius 3 is 2.17 bits per heavy atom. The minimum atomic E-state index is -0.271. The van der Waals surface area contributed by atoms with Gasteiger partial charge >= 0.3 is 0 Å². The molecule has 1 aromatic heterocycles. The number of aromatic nitrogens is 4. The van der Waals surface area contributed by atoms with Gasteiger partial charge in [0.05, 0.1) is 28.4 Å². The average molecular weight is 395 g/mol. The van der Waals surface area contributed by atoms with Gasteiger partial charge in [0.25, 0.3) is 0 Å². The maximum absolute atomic E-state index is 5.50. The van der Waals surface area contributed by atoms with Crippen LogP contribution in [0.3, 0.4) is 0 Å². The second-order valence-corrected chi connectivity index (χ2v) is 6.28. The number of rotatable bonds is 6. The van der Waals surface area contributed by atoms with Crippen LogP contribution in [0.25, 0.3) is 5.70 Å². The van der Waals surface area contributed by atoms with E-state index < -0.39 is 0 Å². The average Bonchev–Trinajstić information content (AvgIpc) is 3.26. The first kappa shape index (κ1) is 18.6. The van der Waals surface area contributed by atoms with Gasteiger partial charge in [-0.25, -0.2) is 0 Å². The third-order valence-electron chi connectivity index (χ3n) is 4.76. The highest BCUT2D eigenvalue weighted by atomic mass is 16.5. The lowest BCUT2D eigenvalue weighted by atomic mass is 10.0. The largest absolute Gasteiger partial charge is 0.497 e. The summed E-state index contributed by atoms with van der Waals surface area (Å²) in [5.74, 6) is 2.99. The lowest BCUT2D eigenvalue weighted by molar-refractivity contribution is 0.323. The first-order chi connectivity index (χ1) is 14.2. The molecule has 9 heteroatoms. The van der Waals surface area contributed by atoms with Crippen molar-refractivity contribution < 1.29 is 18.9 Å². The molecule has 3 aromatic rings. The second-order valence-electron chi connectivity index (χ2n) is 6.28. The fourth-order valence-electron chi connectivity index (χ4n) is 3.30. The molecule has 150 valence electrons. The first-order valence-corrected chi connectivity index (χ1v) is 8.89. The van der Waals surface area contributed by atoms with E-state index in [9.17, 15) is 0 Å². The Balaban J connectivity index is 1.82. The molecule has 9 nitrogen and oxygen atoms in total. The lowest BCUT2D eigenvalue weighted by Gasteiger charge is -2.24. The van der Waals surface area contributed by atoms with Gasteiger partial charge in [0, 0.05) is 5.70 Å². The number of allylic oxidation sites excluding steroid dienone is 1. The van der Waals surface area contributed by atoms with Crippen molar-refractivity contribution in [1.29, 1.82) is 0 Å². The van der Waals surface area contributed by atoms with Crippen LogP contribution in [0.4, 0.5) is 5.95 Å². The van der Waals surface area contributed by atoms with Crippen molar-refractivity contribution in [2.24, 2.45) is 0 Å². The Hall–Kier alpha value is -3.75. The Kier molecular flexibility index (Phi) is 4.94. The van der Waals surface area contributed by atoms with Gasteiger partial charge in [-0.05, 0) is 64.0 Å². The summed E-state index contributed by atoms with van der Waals surface area (Å²) in [5.41, 5.74) is 2.76. The predicted molar refractivity (Wildman–Crippen MR) is 107 cm³/mol. The van der Waals surface area contributed by atoms with Crippen LogP contribution in [0.1, 0.15) is 17.2 Å². The number of benzene rings is 2. The summed E-state index contributed by atoms with van der Waals surface area (Å²) in [6, 6.07) is 11.3. The normalized spacial score (nSPS) is 15.0. The maximum Gasteiger partial charge on any atom is 0.248 e. The maximum atomic E-state index is 5.50. The van der Waals surface area contributed by atoms with Crippen LogP contribution in [-0.4, -0.2) is 48.6 Å². The number of methoxy groups -OCH3 is 4. The van der Waals surface area contributed by atoms with Crippen molar-refractivity contribution >= 4 is 11.6 Å². The van der Waals surface area contributed by atoms with Crippen molar-refractivity contribution in [3.8, 4) is 23.0 Å². The van der Waals surface area contributed by atoms with Crippen molar-refractivity contribution in [3.63, 3.8) is 0 Å². The third kappa shape index (κ3) is 3.31. The first-order valence-electron chi connectivity index (χ1n) is 8.89. The van der Waals surface area contributed by atoms with E-state index in [-0.39, 0.29) is 6.04 Å². The molecule has 0 amide bonds. The second kappa shape index (κ2) is 7.70. The molecule has 1 N–H and O–H groups in total. The van der Waals surface area contributed by atoms with Gasteiger partial charge in [0.15, 0.2) is 11.5 Å². The molecule has 29 heavy (non-hydrogen) atoms. The van der Waals surface area contributed by atoms with Crippen molar-refractivity contribution in [2.75, 3.05) is 33.8 Å². The van der Waals surface area contributed by atoms with Crippen LogP contribution in [-0.2, 0) is 0 Å². The van der Waals surface area contributed by atoms with Gasteiger partial charge in [-0.15, -0.1) is 0 Å². The number of fused-ring (bicyclic) bond motifs is 1. The minimum absolute atomic E-state index is 0.271. The quantitative estimate of drug-likeness (QED) is 0.681. The van der Waals surface area contributed by atoms with Crippen LogP contribution in [0.2, 0.25) is 0 Å². The molecule has 4 rings (SSSR count). The van der Waals surface area contributed by atoms with E-state index in [4.69, 9.17) is 18.9 Å². The third-order valence-corrected chi connectivity index (χ3v) is 4.76. The number of nitrogens with one attached hydrogen (secondary N) is 1. The number of hydrogen-bond donors (Lipinski definition) is 1. The highest BCUT2D eigenvalue weighted by molar-refractivity contribution is 5.77. The SMILES string of the molecule is COc1ccc(C2=CC(c3cc(OC)c(OC)c(OC)c3)n3nnnc3N2)cc1. The molecule has 0 saturated carbocycles. The van der Waals surface area contributed by atoms with E-state index in [1.54, 1.807) is 33.1 Å². The molecule has 0 bridgehead atoms. The zero-order chi connectivity index (χ0) is 20.4. The standard InChI is InChI=1S/C20H21N5O4/c1-26-14-7-5-12(6-8-14)15-11-16(25-20(21-15)22-23-24-25)13-9-17(27-2)19(29-4)18(10-13)28-3/h5-11,16H,1-4H3,(H,21,22,24). The van der Waals surface area contributed by atoms with E-state index >= 15 is 0 Å². The number of tetrazole rings is 1. The highest BCUT2D eigenvalue weighted by Gasteiger charge is 2.26. The number of anilines is 1. The molecule has 0 aliphatic carbocycles. The number of hydrogen-bond acceptors (Lipinski definition) is 8. The smallest absolute Gasteiger partial charge is 0.248 e. The monoisotopic (exact) mass is 395 g/mol. The summed E-state index contributed by atoms with van der Waals surface area (Å²) in [6.07, 6.45) is 2.05. The van der Waals surface area contributed by atoms with E-state index in [1.165, 1.54) is 0 Å². The van der Waals surface area contributed by atoms with Crippen molar-refractivity contribution in [2.45, 2.75) is 6.04 Å². The van der Waals surface area contributed by atoms with Crippen LogP contribution < -0.4 is 24.3 Å². The predicted octanol–water partition coefficient (Wildman–Crippen LogP) is 2.76. The Labute approximate surface area is 167 Å². The molecule has 1 aliphatic heterocycles.